The molecule has 4 aliphatic rings. The van der Waals surface area contributed by atoms with Gasteiger partial charge in [-0.15, -0.1) is 0 Å². The van der Waals surface area contributed by atoms with Crippen LogP contribution in [0.15, 0.2) is 0 Å². The Hall–Kier alpha value is -1.06. The van der Waals surface area contributed by atoms with Gasteiger partial charge in [0.25, 0.3) is 0 Å². The molecule has 0 atom stereocenters. The van der Waals surface area contributed by atoms with E-state index < -0.39 is 0 Å². The van der Waals surface area contributed by atoms with Crippen LogP contribution in [0.25, 0.3) is 0 Å². The Morgan fingerprint density at radius 2 is 1.45 bits per heavy atom. The highest BCUT2D eigenvalue weighted by Gasteiger charge is 2.51. The van der Waals surface area contributed by atoms with Crippen LogP contribution in [0, 0.1) is 29.1 Å². The monoisotopic (exact) mass is 306 g/mol. The maximum Gasteiger partial charge on any atom is 0.222 e. The molecule has 0 aromatic carbocycles. The van der Waals surface area contributed by atoms with Crippen LogP contribution < -0.4 is 10.6 Å². The highest BCUT2D eigenvalue weighted by molar-refractivity contribution is 5.78. The third-order valence-corrected chi connectivity index (χ3v) is 5.97. The van der Waals surface area contributed by atoms with E-state index in [1.165, 1.54) is 38.5 Å². The molecule has 4 rings (SSSR count). The second-order valence-corrected chi connectivity index (χ2v) is 8.39. The lowest BCUT2D eigenvalue weighted by Gasteiger charge is -2.56. The van der Waals surface area contributed by atoms with E-state index in [0.29, 0.717) is 24.9 Å². The van der Waals surface area contributed by atoms with Crippen molar-refractivity contribution < 1.29 is 9.59 Å². The molecule has 0 aromatic rings. The highest BCUT2D eigenvalue weighted by Crippen LogP contribution is 2.61. The Morgan fingerprint density at radius 3 is 1.95 bits per heavy atom. The fourth-order valence-corrected chi connectivity index (χ4v) is 5.50. The minimum Gasteiger partial charge on any atom is -0.354 e. The zero-order valence-electron chi connectivity index (χ0n) is 14.0. The molecule has 0 aliphatic heterocycles. The fraction of sp³-hybridized carbons (Fsp3) is 0.889. The van der Waals surface area contributed by atoms with Gasteiger partial charge in [-0.25, -0.2) is 0 Å². The lowest BCUT2D eigenvalue weighted by molar-refractivity contribution is -0.130. The molecule has 0 unspecified atom stereocenters. The summed E-state index contributed by atoms with van der Waals surface area (Å²) < 4.78 is 0. The Bertz CT molecular complexity index is 409. The number of rotatable bonds is 6. The van der Waals surface area contributed by atoms with Crippen LogP contribution in [0.4, 0.5) is 0 Å². The van der Waals surface area contributed by atoms with Gasteiger partial charge in [0.05, 0.1) is 0 Å². The largest absolute Gasteiger partial charge is 0.354 e. The van der Waals surface area contributed by atoms with Crippen molar-refractivity contribution >= 4 is 11.8 Å². The Balaban J connectivity index is 1.41. The first-order valence-electron chi connectivity index (χ1n) is 9.00. The van der Waals surface area contributed by atoms with Crippen molar-refractivity contribution in [2.75, 3.05) is 13.1 Å². The number of carbonyl (C=O) groups is 2. The number of nitrogens with one attached hydrogen (secondary N) is 2. The Morgan fingerprint density at radius 1 is 0.955 bits per heavy atom. The first-order chi connectivity index (χ1) is 10.5. The van der Waals surface area contributed by atoms with Crippen LogP contribution in [-0.4, -0.2) is 24.9 Å². The molecule has 0 saturated heterocycles. The molecule has 0 spiro atoms. The summed E-state index contributed by atoms with van der Waals surface area (Å²) >= 11 is 0. The molecule has 4 aliphatic carbocycles. The summed E-state index contributed by atoms with van der Waals surface area (Å²) in [6, 6.07) is 0. The molecule has 4 nitrogen and oxygen atoms in total. The average Bonchev–Trinajstić information content (AvgIpc) is 2.41. The van der Waals surface area contributed by atoms with Crippen molar-refractivity contribution in [1.29, 1.82) is 0 Å². The van der Waals surface area contributed by atoms with E-state index >= 15 is 0 Å². The molecular formula is C18H30N2O2. The van der Waals surface area contributed by atoms with Gasteiger partial charge >= 0.3 is 0 Å². The van der Waals surface area contributed by atoms with E-state index in [-0.39, 0.29) is 17.7 Å². The van der Waals surface area contributed by atoms with E-state index in [1.807, 2.05) is 13.8 Å². The zero-order valence-corrected chi connectivity index (χ0v) is 14.0. The third-order valence-electron chi connectivity index (χ3n) is 5.97. The summed E-state index contributed by atoms with van der Waals surface area (Å²) in [4.78, 5) is 23.7. The van der Waals surface area contributed by atoms with Crippen LogP contribution >= 0.6 is 0 Å². The zero-order chi connectivity index (χ0) is 15.7. The van der Waals surface area contributed by atoms with Gasteiger partial charge < -0.3 is 10.6 Å². The number of hydrogen-bond donors (Lipinski definition) is 2. The van der Waals surface area contributed by atoms with Gasteiger partial charge in [0.1, 0.15) is 0 Å². The van der Waals surface area contributed by atoms with Crippen LogP contribution in [-0.2, 0) is 9.59 Å². The van der Waals surface area contributed by atoms with Gasteiger partial charge in [-0.05, 0) is 61.7 Å². The summed E-state index contributed by atoms with van der Waals surface area (Å²) in [6.07, 6.45) is 8.78. The van der Waals surface area contributed by atoms with Crippen molar-refractivity contribution in [2.24, 2.45) is 29.1 Å². The lowest BCUT2D eigenvalue weighted by Crippen LogP contribution is -2.48. The SMILES string of the molecule is CC(C)C(=O)NCCNC(=O)CC12CC3CC(CC(C3)C1)C2. The molecule has 124 valence electrons. The standard InChI is InChI=1S/C18H30N2O2/c1-12(2)17(22)20-4-3-19-16(21)11-18-8-13-5-14(9-18)7-15(6-13)10-18/h12-15H,3-11H2,1-2H3,(H,19,21)(H,20,22). The summed E-state index contributed by atoms with van der Waals surface area (Å²) in [5.41, 5.74) is 0.306. The molecule has 22 heavy (non-hydrogen) atoms. The van der Waals surface area contributed by atoms with Crippen molar-refractivity contribution in [3.05, 3.63) is 0 Å². The predicted octanol–water partition coefficient (Wildman–Crippen LogP) is 2.48. The van der Waals surface area contributed by atoms with E-state index in [2.05, 4.69) is 10.6 Å². The minimum absolute atomic E-state index is 0.00252. The van der Waals surface area contributed by atoms with Gasteiger partial charge in [0, 0.05) is 25.4 Å². The second kappa shape index (κ2) is 6.21. The van der Waals surface area contributed by atoms with Crippen molar-refractivity contribution in [3.8, 4) is 0 Å². The van der Waals surface area contributed by atoms with Gasteiger partial charge in [-0.1, -0.05) is 13.8 Å². The Kier molecular flexibility index (Phi) is 4.47. The molecule has 0 heterocycles. The molecular weight excluding hydrogens is 276 g/mol. The van der Waals surface area contributed by atoms with Crippen molar-refractivity contribution in [2.45, 2.75) is 58.8 Å². The van der Waals surface area contributed by atoms with Crippen LogP contribution in [0.1, 0.15) is 58.8 Å². The van der Waals surface area contributed by atoms with Gasteiger partial charge in [-0.2, -0.15) is 0 Å². The summed E-state index contributed by atoms with van der Waals surface area (Å²) in [7, 11) is 0. The molecule has 4 fully saturated rings. The first kappa shape index (κ1) is 15.8. The highest BCUT2D eigenvalue weighted by atomic mass is 16.2. The molecule has 2 amide bonds. The van der Waals surface area contributed by atoms with E-state index in [0.717, 1.165) is 17.8 Å². The molecule has 4 bridgehead atoms. The maximum atomic E-state index is 12.3. The summed E-state index contributed by atoms with van der Waals surface area (Å²) in [5.74, 6) is 2.91. The number of hydrogen-bond acceptors (Lipinski definition) is 2. The van der Waals surface area contributed by atoms with Crippen molar-refractivity contribution in [3.63, 3.8) is 0 Å². The van der Waals surface area contributed by atoms with Crippen LogP contribution in [0.2, 0.25) is 0 Å². The normalized spacial score (nSPS) is 35.7. The molecule has 0 radical (unpaired) electrons. The average molecular weight is 306 g/mol. The Labute approximate surface area is 133 Å². The summed E-state index contributed by atoms with van der Waals surface area (Å²) in [5, 5.41) is 5.84. The summed E-state index contributed by atoms with van der Waals surface area (Å²) in [6.45, 7) is 4.83. The van der Waals surface area contributed by atoms with Gasteiger partial charge in [0.2, 0.25) is 11.8 Å². The third kappa shape index (κ3) is 3.47. The predicted molar refractivity (Wildman–Crippen MR) is 86.1 cm³/mol. The van der Waals surface area contributed by atoms with Crippen LogP contribution in [0.3, 0.4) is 0 Å². The smallest absolute Gasteiger partial charge is 0.222 e. The second-order valence-electron chi connectivity index (χ2n) is 8.39. The van der Waals surface area contributed by atoms with Crippen LogP contribution in [0.5, 0.6) is 0 Å². The van der Waals surface area contributed by atoms with E-state index in [4.69, 9.17) is 0 Å². The topological polar surface area (TPSA) is 58.2 Å². The van der Waals surface area contributed by atoms with Crippen molar-refractivity contribution in [1.82, 2.24) is 10.6 Å². The molecule has 0 aromatic heterocycles. The minimum atomic E-state index is 0.00252. The lowest BCUT2D eigenvalue weighted by atomic mass is 9.49. The van der Waals surface area contributed by atoms with E-state index in [1.54, 1.807) is 0 Å². The number of amides is 2. The first-order valence-corrected chi connectivity index (χ1v) is 9.00. The molecule has 2 N–H and O–H groups in total. The van der Waals surface area contributed by atoms with Gasteiger partial charge in [-0.3, -0.25) is 9.59 Å². The van der Waals surface area contributed by atoms with Gasteiger partial charge in [0.15, 0.2) is 0 Å². The number of carbonyl (C=O) groups excluding carboxylic acids is 2. The quantitative estimate of drug-likeness (QED) is 0.741. The van der Waals surface area contributed by atoms with E-state index in [9.17, 15) is 9.59 Å². The molecule has 4 heteroatoms. The fourth-order valence-electron chi connectivity index (χ4n) is 5.50. The molecule has 4 saturated carbocycles. The maximum absolute atomic E-state index is 12.3.